The average molecular weight is 404 g/mol. The Hall–Kier alpha value is -2.96. The SMILES string of the molecule is Fc1cc2c(c(CSc3ncnc4ccccc34)c1)O[C@H](c1ccccc1)OC2. The van der Waals surface area contributed by atoms with Crippen molar-refractivity contribution in [1.82, 2.24) is 9.97 Å². The van der Waals surface area contributed by atoms with Crippen LogP contribution in [-0.2, 0) is 17.1 Å². The van der Waals surface area contributed by atoms with Gasteiger partial charge in [-0.2, -0.15) is 0 Å². The van der Waals surface area contributed by atoms with E-state index in [2.05, 4.69) is 9.97 Å². The molecule has 0 unspecified atom stereocenters. The van der Waals surface area contributed by atoms with E-state index in [1.165, 1.54) is 12.1 Å². The molecule has 2 heterocycles. The molecule has 1 aliphatic heterocycles. The highest BCUT2D eigenvalue weighted by Gasteiger charge is 2.25. The van der Waals surface area contributed by atoms with Crippen molar-refractivity contribution in [2.75, 3.05) is 0 Å². The third kappa shape index (κ3) is 3.69. The first-order chi connectivity index (χ1) is 14.3. The van der Waals surface area contributed by atoms with Crippen LogP contribution in [0, 0.1) is 5.82 Å². The predicted molar refractivity (Wildman–Crippen MR) is 110 cm³/mol. The summed E-state index contributed by atoms with van der Waals surface area (Å²) in [5, 5.41) is 1.84. The summed E-state index contributed by atoms with van der Waals surface area (Å²) in [4.78, 5) is 8.71. The molecule has 0 saturated heterocycles. The Bertz CT molecular complexity index is 1160. The maximum absolute atomic E-state index is 14.2. The molecule has 0 radical (unpaired) electrons. The smallest absolute Gasteiger partial charge is 0.227 e. The van der Waals surface area contributed by atoms with Crippen LogP contribution in [0.5, 0.6) is 5.75 Å². The molecule has 4 nitrogen and oxygen atoms in total. The molecular weight excluding hydrogens is 387 g/mol. The number of fused-ring (bicyclic) bond motifs is 2. The third-order valence-corrected chi connectivity index (χ3v) is 5.82. The molecule has 0 amide bonds. The molecule has 144 valence electrons. The lowest BCUT2D eigenvalue weighted by Crippen LogP contribution is -2.19. The summed E-state index contributed by atoms with van der Waals surface area (Å²) in [5.41, 5.74) is 3.33. The molecular formula is C23H17FN2O2S. The van der Waals surface area contributed by atoms with Gasteiger partial charge in [-0.1, -0.05) is 48.5 Å². The molecule has 1 atom stereocenters. The van der Waals surface area contributed by atoms with Gasteiger partial charge >= 0.3 is 0 Å². The second-order valence-electron chi connectivity index (χ2n) is 6.71. The van der Waals surface area contributed by atoms with E-state index in [-0.39, 0.29) is 5.82 Å². The van der Waals surface area contributed by atoms with E-state index in [9.17, 15) is 4.39 Å². The summed E-state index contributed by atoms with van der Waals surface area (Å²) >= 11 is 1.54. The largest absolute Gasteiger partial charge is 0.460 e. The van der Waals surface area contributed by atoms with Crippen molar-refractivity contribution < 1.29 is 13.9 Å². The Kier molecular flexibility index (Phi) is 4.87. The minimum atomic E-state index is -0.502. The molecule has 0 saturated carbocycles. The average Bonchev–Trinajstić information content (AvgIpc) is 2.77. The van der Waals surface area contributed by atoms with Crippen LogP contribution >= 0.6 is 11.8 Å². The molecule has 6 heteroatoms. The first-order valence-electron chi connectivity index (χ1n) is 9.25. The lowest BCUT2D eigenvalue weighted by Gasteiger charge is -2.28. The number of benzene rings is 3. The van der Waals surface area contributed by atoms with Gasteiger partial charge in [-0.3, -0.25) is 0 Å². The van der Waals surface area contributed by atoms with Crippen molar-refractivity contribution in [3.63, 3.8) is 0 Å². The molecule has 0 bridgehead atoms. The van der Waals surface area contributed by atoms with Crippen LogP contribution in [-0.4, -0.2) is 9.97 Å². The molecule has 4 aromatic rings. The highest BCUT2D eigenvalue weighted by atomic mass is 32.2. The van der Waals surface area contributed by atoms with Gasteiger partial charge in [-0.25, -0.2) is 14.4 Å². The second kappa shape index (κ2) is 7.81. The second-order valence-corrected chi connectivity index (χ2v) is 7.67. The molecule has 0 fully saturated rings. The van der Waals surface area contributed by atoms with Gasteiger partial charge < -0.3 is 9.47 Å². The monoisotopic (exact) mass is 404 g/mol. The number of nitrogens with zero attached hydrogens (tertiary/aromatic N) is 2. The van der Waals surface area contributed by atoms with E-state index in [4.69, 9.17) is 9.47 Å². The van der Waals surface area contributed by atoms with Gasteiger partial charge in [0.25, 0.3) is 0 Å². The zero-order valence-electron chi connectivity index (χ0n) is 15.4. The number of hydrogen-bond donors (Lipinski definition) is 0. The number of hydrogen-bond acceptors (Lipinski definition) is 5. The minimum absolute atomic E-state index is 0.294. The van der Waals surface area contributed by atoms with Crippen molar-refractivity contribution >= 4 is 22.7 Å². The van der Waals surface area contributed by atoms with E-state index in [0.29, 0.717) is 18.1 Å². The zero-order valence-corrected chi connectivity index (χ0v) is 16.2. The van der Waals surface area contributed by atoms with Crippen LogP contribution in [0.1, 0.15) is 23.0 Å². The first kappa shape index (κ1) is 18.1. The Balaban J connectivity index is 1.44. The molecule has 0 N–H and O–H groups in total. The van der Waals surface area contributed by atoms with Crippen LogP contribution < -0.4 is 4.74 Å². The van der Waals surface area contributed by atoms with Gasteiger partial charge in [0.05, 0.1) is 12.1 Å². The lowest BCUT2D eigenvalue weighted by atomic mass is 10.1. The molecule has 29 heavy (non-hydrogen) atoms. The number of halogens is 1. The van der Waals surface area contributed by atoms with E-state index in [1.807, 2.05) is 54.6 Å². The van der Waals surface area contributed by atoms with Crippen molar-refractivity contribution in [3.8, 4) is 5.75 Å². The highest BCUT2D eigenvalue weighted by molar-refractivity contribution is 7.98. The van der Waals surface area contributed by atoms with Gasteiger partial charge in [-0.15, -0.1) is 11.8 Å². The normalized spacial score (nSPS) is 15.7. The van der Waals surface area contributed by atoms with Gasteiger partial charge in [-0.05, 0) is 18.2 Å². The zero-order chi connectivity index (χ0) is 19.6. The predicted octanol–water partition coefficient (Wildman–Crippen LogP) is 5.67. The fourth-order valence-electron chi connectivity index (χ4n) is 3.40. The molecule has 1 aliphatic rings. The van der Waals surface area contributed by atoms with Gasteiger partial charge in [0, 0.05) is 27.8 Å². The summed E-state index contributed by atoms with van der Waals surface area (Å²) in [6.07, 6.45) is 1.05. The maximum Gasteiger partial charge on any atom is 0.227 e. The van der Waals surface area contributed by atoms with Gasteiger partial charge in [0.15, 0.2) is 0 Å². The van der Waals surface area contributed by atoms with Crippen molar-refractivity contribution in [3.05, 3.63) is 95.6 Å². The molecule has 3 aromatic carbocycles. The van der Waals surface area contributed by atoms with Crippen LogP contribution in [0.2, 0.25) is 0 Å². The molecule has 0 spiro atoms. The topological polar surface area (TPSA) is 44.2 Å². The van der Waals surface area contributed by atoms with Crippen molar-refractivity contribution in [1.29, 1.82) is 0 Å². The Labute approximate surface area is 171 Å². The summed E-state index contributed by atoms with van der Waals surface area (Å²) in [6.45, 7) is 0.306. The van der Waals surface area contributed by atoms with E-state index in [0.717, 1.165) is 32.6 Å². The Morgan fingerprint density at radius 2 is 1.83 bits per heavy atom. The van der Waals surface area contributed by atoms with E-state index < -0.39 is 6.29 Å². The van der Waals surface area contributed by atoms with Crippen molar-refractivity contribution in [2.24, 2.45) is 0 Å². The fourth-order valence-corrected chi connectivity index (χ4v) is 4.36. The molecule has 5 rings (SSSR count). The fraction of sp³-hybridized carbons (Fsp3) is 0.130. The number of para-hydroxylation sites is 1. The third-order valence-electron chi connectivity index (χ3n) is 4.77. The lowest BCUT2D eigenvalue weighted by molar-refractivity contribution is -0.112. The summed E-state index contributed by atoms with van der Waals surface area (Å²) < 4.78 is 26.2. The van der Waals surface area contributed by atoms with E-state index in [1.54, 1.807) is 18.1 Å². The Morgan fingerprint density at radius 1 is 1.00 bits per heavy atom. The summed E-state index contributed by atoms with van der Waals surface area (Å²) in [7, 11) is 0. The quantitative estimate of drug-likeness (QED) is 0.324. The van der Waals surface area contributed by atoms with Crippen LogP contribution in [0.4, 0.5) is 4.39 Å². The van der Waals surface area contributed by atoms with Crippen LogP contribution in [0.25, 0.3) is 10.9 Å². The Morgan fingerprint density at radius 3 is 2.72 bits per heavy atom. The number of rotatable bonds is 4. The van der Waals surface area contributed by atoms with Crippen molar-refractivity contribution in [2.45, 2.75) is 23.7 Å². The number of thioether (sulfide) groups is 1. The molecule has 0 aliphatic carbocycles. The minimum Gasteiger partial charge on any atom is -0.460 e. The standard InChI is InChI=1S/C23H17FN2O2S/c24-18-10-16-12-27-23(15-6-2-1-3-7-15)28-21(16)17(11-18)13-29-22-19-8-4-5-9-20(19)25-14-26-22/h1-11,14,23H,12-13H2/t23-/m1/s1. The summed E-state index contributed by atoms with van der Waals surface area (Å²) in [5.74, 6) is 0.928. The van der Waals surface area contributed by atoms with Gasteiger partial charge in [0.2, 0.25) is 6.29 Å². The molecule has 1 aromatic heterocycles. The van der Waals surface area contributed by atoms with E-state index >= 15 is 0 Å². The van der Waals surface area contributed by atoms with Crippen LogP contribution in [0.3, 0.4) is 0 Å². The first-order valence-corrected chi connectivity index (χ1v) is 10.2. The van der Waals surface area contributed by atoms with Gasteiger partial charge in [0.1, 0.15) is 22.9 Å². The summed E-state index contributed by atoms with van der Waals surface area (Å²) in [6, 6.07) is 20.6. The maximum atomic E-state index is 14.2. The number of aromatic nitrogens is 2. The highest BCUT2D eigenvalue weighted by Crippen LogP contribution is 2.39. The number of ether oxygens (including phenoxy) is 2. The van der Waals surface area contributed by atoms with Crippen LogP contribution in [0.15, 0.2) is 78.1 Å².